The summed E-state index contributed by atoms with van der Waals surface area (Å²) < 4.78 is 0. The average Bonchev–Trinajstić information content (AvgIpc) is 3.70. The van der Waals surface area contributed by atoms with Gasteiger partial charge in [0.25, 0.3) is 0 Å². The number of hydrogen-bond donors (Lipinski definition) is 0. The van der Waals surface area contributed by atoms with E-state index in [0.29, 0.717) is 0 Å². The quantitative estimate of drug-likeness (QED) is 0.120. The van der Waals surface area contributed by atoms with Crippen LogP contribution in [0.4, 0.5) is 0 Å². The molecule has 0 radical (unpaired) electrons. The van der Waals surface area contributed by atoms with Crippen molar-refractivity contribution in [1.29, 1.82) is 0 Å². The maximum atomic E-state index is 2.52. The summed E-state index contributed by atoms with van der Waals surface area (Å²) in [5.41, 5.74) is 14.7. The Hall–Kier alpha value is -8.58. The van der Waals surface area contributed by atoms with Crippen LogP contribution in [-0.2, 0) is 5.41 Å². The van der Waals surface area contributed by atoms with Gasteiger partial charge in [-0.15, -0.1) is 0 Å². The van der Waals surface area contributed by atoms with Gasteiger partial charge in [0.2, 0.25) is 0 Å². The maximum absolute atomic E-state index is 2.52. The predicted molar refractivity (Wildman–Crippen MR) is 285 cm³/mol. The van der Waals surface area contributed by atoms with Crippen LogP contribution < -0.4 is 0 Å². The third-order valence-electron chi connectivity index (χ3n) is 14.8. The fourth-order valence-electron chi connectivity index (χ4n) is 12.1. The highest BCUT2D eigenvalue weighted by Gasteiger charge is 2.48. The number of hydrogen-bond acceptors (Lipinski definition) is 0. The first-order valence-electron chi connectivity index (χ1n) is 23.4. The van der Waals surface area contributed by atoms with E-state index >= 15 is 0 Å². The van der Waals surface area contributed by atoms with Crippen molar-refractivity contribution in [2.24, 2.45) is 0 Å². The minimum Gasteiger partial charge on any atom is -0.0622 e. The summed E-state index contributed by atoms with van der Waals surface area (Å²) in [6.45, 7) is 0. The zero-order valence-electron chi connectivity index (χ0n) is 36.7. The van der Waals surface area contributed by atoms with E-state index in [0.717, 1.165) is 0 Å². The Kier molecular flexibility index (Phi) is 8.30. The number of rotatable bonds is 5. The Balaban J connectivity index is 0.998. The summed E-state index contributed by atoms with van der Waals surface area (Å²) >= 11 is 0. The van der Waals surface area contributed by atoms with E-state index < -0.39 is 5.41 Å². The van der Waals surface area contributed by atoms with Crippen molar-refractivity contribution < 1.29 is 0 Å². The van der Waals surface area contributed by atoms with Gasteiger partial charge in [-0.3, -0.25) is 0 Å². The molecule has 0 nitrogen and oxygen atoms in total. The average molecular weight is 847 g/mol. The zero-order valence-corrected chi connectivity index (χ0v) is 36.7. The van der Waals surface area contributed by atoms with Gasteiger partial charge in [0, 0.05) is 0 Å². The van der Waals surface area contributed by atoms with Gasteiger partial charge in [0.05, 0.1) is 5.41 Å². The topological polar surface area (TPSA) is 0 Å². The van der Waals surface area contributed by atoms with Crippen LogP contribution in [-0.4, -0.2) is 0 Å². The van der Waals surface area contributed by atoms with Gasteiger partial charge in [0.15, 0.2) is 0 Å². The maximum Gasteiger partial charge on any atom is 0.0720 e. The normalized spacial score (nSPS) is 12.9. The minimum absolute atomic E-state index is 0.554. The van der Waals surface area contributed by atoms with Crippen LogP contribution in [0.15, 0.2) is 255 Å². The first kappa shape index (κ1) is 37.8. The highest BCUT2D eigenvalue weighted by atomic mass is 14.5. The van der Waals surface area contributed by atoms with Crippen molar-refractivity contribution in [2.75, 3.05) is 0 Å². The summed E-state index contributed by atoms with van der Waals surface area (Å²) in [6.07, 6.45) is 0. The van der Waals surface area contributed by atoms with E-state index in [1.165, 1.54) is 131 Å². The first-order valence-corrected chi connectivity index (χ1v) is 23.4. The van der Waals surface area contributed by atoms with Crippen molar-refractivity contribution in [3.05, 3.63) is 277 Å². The molecule has 0 atom stereocenters. The van der Waals surface area contributed by atoms with E-state index in [9.17, 15) is 0 Å². The fraction of sp³-hybridized carbons (Fsp3) is 0.0149. The Morgan fingerprint density at radius 2 is 0.701 bits per heavy atom. The van der Waals surface area contributed by atoms with Crippen LogP contribution in [0, 0.1) is 0 Å². The van der Waals surface area contributed by atoms with Crippen LogP contribution in [0.1, 0.15) is 22.3 Å². The van der Waals surface area contributed by atoms with Gasteiger partial charge in [-0.25, -0.2) is 0 Å². The van der Waals surface area contributed by atoms with Gasteiger partial charge in [-0.1, -0.05) is 231 Å². The minimum atomic E-state index is -0.554. The summed E-state index contributed by atoms with van der Waals surface area (Å²) in [4.78, 5) is 0. The van der Waals surface area contributed by atoms with E-state index in [1.54, 1.807) is 0 Å². The zero-order chi connectivity index (χ0) is 44.1. The van der Waals surface area contributed by atoms with Crippen molar-refractivity contribution in [1.82, 2.24) is 0 Å². The number of fused-ring (bicyclic) bond motifs is 12. The smallest absolute Gasteiger partial charge is 0.0622 e. The van der Waals surface area contributed by atoms with Gasteiger partial charge >= 0.3 is 0 Å². The second kappa shape index (κ2) is 14.7. The Morgan fingerprint density at radius 3 is 1.36 bits per heavy atom. The van der Waals surface area contributed by atoms with Crippen LogP contribution in [0.5, 0.6) is 0 Å². The molecular formula is C67H42. The van der Waals surface area contributed by atoms with Crippen molar-refractivity contribution >= 4 is 64.6 Å². The molecule has 1 aliphatic carbocycles. The van der Waals surface area contributed by atoms with Gasteiger partial charge in [-0.05, 0) is 156 Å². The van der Waals surface area contributed by atoms with Crippen LogP contribution in [0.25, 0.3) is 109 Å². The lowest BCUT2D eigenvalue weighted by atomic mass is 9.66. The Bertz CT molecular complexity index is 4040. The lowest BCUT2D eigenvalue weighted by Crippen LogP contribution is -2.28. The molecule has 0 saturated carbocycles. The Morgan fingerprint density at radius 1 is 0.224 bits per heavy atom. The van der Waals surface area contributed by atoms with E-state index in [4.69, 9.17) is 0 Å². The third kappa shape index (κ3) is 5.48. The first-order chi connectivity index (χ1) is 33.3. The molecule has 14 rings (SSSR count). The lowest BCUT2D eigenvalue weighted by Gasteiger charge is -2.35. The molecule has 0 heterocycles. The van der Waals surface area contributed by atoms with Crippen LogP contribution in [0.2, 0.25) is 0 Å². The van der Waals surface area contributed by atoms with Crippen LogP contribution >= 0.6 is 0 Å². The van der Waals surface area contributed by atoms with E-state index in [1.807, 2.05) is 0 Å². The summed E-state index contributed by atoms with van der Waals surface area (Å²) in [5.74, 6) is 0. The molecule has 0 heteroatoms. The van der Waals surface area contributed by atoms with Gasteiger partial charge < -0.3 is 0 Å². The molecule has 0 fully saturated rings. The molecular weight excluding hydrogens is 805 g/mol. The molecule has 13 aromatic carbocycles. The number of benzene rings is 13. The monoisotopic (exact) mass is 846 g/mol. The largest absolute Gasteiger partial charge is 0.0720 e. The Labute approximate surface area is 389 Å². The van der Waals surface area contributed by atoms with E-state index in [-0.39, 0.29) is 0 Å². The lowest BCUT2D eigenvalue weighted by molar-refractivity contribution is 0.777. The van der Waals surface area contributed by atoms with Crippen molar-refractivity contribution in [2.45, 2.75) is 5.41 Å². The molecule has 13 aromatic rings. The van der Waals surface area contributed by atoms with Gasteiger partial charge in [-0.2, -0.15) is 0 Å². The molecule has 0 aliphatic heterocycles. The molecule has 0 N–H and O–H groups in total. The summed E-state index contributed by atoms with van der Waals surface area (Å²) in [5, 5.41) is 15.2. The molecule has 0 spiro atoms. The molecule has 0 unspecified atom stereocenters. The van der Waals surface area contributed by atoms with E-state index in [2.05, 4.69) is 255 Å². The second-order valence-corrected chi connectivity index (χ2v) is 18.2. The van der Waals surface area contributed by atoms with Crippen molar-refractivity contribution in [3.8, 4) is 44.5 Å². The highest BCUT2D eigenvalue weighted by molar-refractivity contribution is 6.24. The molecule has 0 aromatic heterocycles. The van der Waals surface area contributed by atoms with Crippen LogP contribution in [0.3, 0.4) is 0 Å². The second-order valence-electron chi connectivity index (χ2n) is 18.2. The SMILES string of the molecule is c1ccc(C2(c3ccccc3)c3cc4cc(-c5cccc(-c6c7ccccc7c(-c7cccc8ccccc78)c7ccccc67)c5)ccc4cc3-c3c2c2ccccc2c2ccccc32)cc1. The van der Waals surface area contributed by atoms with Gasteiger partial charge in [0.1, 0.15) is 0 Å². The highest BCUT2D eigenvalue weighted by Crippen LogP contribution is 2.61. The predicted octanol–water partition coefficient (Wildman–Crippen LogP) is 18.0. The third-order valence-corrected chi connectivity index (χ3v) is 14.8. The molecule has 0 amide bonds. The van der Waals surface area contributed by atoms with Crippen molar-refractivity contribution in [3.63, 3.8) is 0 Å². The molecule has 0 saturated heterocycles. The molecule has 67 heavy (non-hydrogen) atoms. The summed E-state index contributed by atoms with van der Waals surface area (Å²) in [7, 11) is 0. The summed E-state index contributed by atoms with van der Waals surface area (Å²) in [6, 6.07) is 95.3. The molecule has 1 aliphatic rings. The molecule has 0 bridgehead atoms. The fourth-order valence-corrected chi connectivity index (χ4v) is 12.1. The standard InChI is InChI=1S/C67H42/c1-3-23-49(24-4-1)67(50-25-5-2-6-26-50)62-42-48-40-45(37-38-46(48)41-61(62)65-55-30-11-9-28-52(55)53-29-10-16-35-60(53)66(65)67)44-21-17-22-47(39-44)63-56-31-12-14-33-58(56)64(59-34-15-13-32-57(59)63)54-36-18-20-43-19-7-8-27-51(43)54/h1-42H. The molecule has 310 valence electrons.